The Labute approximate surface area is 147 Å². The van der Waals surface area contributed by atoms with Crippen LogP contribution in [-0.2, 0) is 8.98 Å². The van der Waals surface area contributed by atoms with Gasteiger partial charge in [0.15, 0.2) is 0 Å². The van der Waals surface area contributed by atoms with Gasteiger partial charge in [-0.25, -0.2) is 0 Å². The van der Waals surface area contributed by atoms with E-state index < -0.39 is 15.7 Å². The summed E-state index contributed by atoms with van der Waals surface area (Å²) in [4.78, 5) is 23.0. The molecule has 0 heterocycles. The first-order valence-corrected chi connectivity index (χ1v) is 8.51. The Bertz CT molecular complexity index is 703. The maximum atomic E-state index is 11.6. The summed E-state index contributed by atoms with van der Waals surface area (Å²) in [5.41, 5.74) is 2.28. The van der Waals surface area contributed by atoms with Gasteiger partial charge in [-0.15, -0.1) is 0 Å². The van der Waals surface area contributed by atoms with Crippen LogP contribution in [0.3, 0.4) is 0 Å². The molecule has 1 unspecified atom stereocenters. The molecule has 1 atom stereocenters. The highest BCUT2D eigenvalue weighted by Crippen LogP contribution is 2.35. The number of rotatable bonds is 5. The molecule has 0 aliphatic rings. The molecular weight excluding hydrogens is 356 g/mol. The number of carboxylic acid groups (broad SMARTS) is 1. The van der Waals surface area contributed by atoms with Gasteiger partial charge in [-0.3, -0.25) is 9.59 Å². The monoisotopic (exact) mass is 368 g/mol. The van der Waals surface area contributed by atoms with E-state index in [1.807, 2.05) is 18.2 Å². The Kier molecular flexibility index (Phi) is 6.53. The van der Waals surface area contributed by atoms with Gasteiger partial charge >= 0.3 is 5.97 Å². The van der Waals surface area contributed by atoms with Gasteiger partial charge in [-0.2, -0.15) is 0 Å². The molecule has 2 aromatic rings. The average Bonchev–Trinajstić information content (AvgIpc) is 2.53. The Hall–Kier alpha value is -1.47. The van der Waals surface area contributed by atoms with Gasteiger partial charge < -0.3 is 9.29 Å². The lowest BCUT2D eigenvalue weighted by molar-refractivity contribution is -0.136. The minimum Gasteiger partial charge on any atom is -0.480 e. The highest BCUT2D eigenvalue weighted by Gasteiger charge is 2.24. The minimum atomic E-state index is -1.08. The van der Waals surface area contributed by atoms with Crippen molar-refractivity contribution in [1.82, 2.24) is 0 Å². The van der Waals surface area contributed by atoms with Crippen LogP contribution in [0.25, 0.3) is 11.1 Å². The number of benzene rings is 2. The molecule has 0 aliphatic heterocycles. The van der Waals surface area contributed by atoms with Crippen molar-refractivity contribution in [2.24, 2.45) is 0 Å². The molecule has 0 aromatic heterocycles. The van der Waals surface area contributed by atoms with Crippen LogP contribution in [0.4, 0.5) is 4.79 Å². The Morgan fingerprint density at radius 2 is 1.78 bits per heavy atom. The number of thioether (sulfide) groups is 1. The van der Waals surface area contributed by atoms with E-state index in [-0.39, 0.29) is 0 Å². The number of carbonyl (C=O) groups is 2. The fourth-order valence-corrected chi connectivity index (χ4v) is 3.60. The van der Waals surface area contributed by atoms with Crippen molar-refractivity contribution in [2.45, 2.75) is 5.25 Å². The summed E-state index contributed by atoms with van der Waals surface area (Å²) < 4.78 is 4.24. The van der Waals surface area contributed by atoms with Crippen molar-refractivity contribution in [1.29, 1.82) is 0 Å². The van der Waals surface area contributed by atoms with Gasteiger partial charge in [0, 0.05) is 10.6 Å². The number of carboxylic acids is 1. The molecule has 7 heteroatoms. The van der Waals surface area contributed by atoms with E-state index in [2.05, 4.69) is 4.18 Å². The molecule has 1 N–H and O–H groups in total. The maximum Gasteiger partial charge on any atom is 0.321 e. The van der Waals surface area contributed by atoms with Gasteiger partial charge in [-0.05, 0) is 17.2 Å². The number of halogens is 1. The van der Waals surface area contributed by atoms with E-state index in [0.717, 1.165) is 11.1 Å². The molecule has 2 rings (SSSR count). The second-order valence-corrected chi connectivity index (χ2v) is 7.05. The van der Waals surface area contributed by atoms with Crippen LogP contribution in [0.2, 0.25) is 5.02 Å². The zero-order valence-corrected chi connectivity index (χ0v) is 14.5. The smallest absolute Gasteiger partial charge is 0.321 e. The summed E-state index contributed by atoms with van der Waals surface area (Å²) in [6.45, 7) is 0. The highest BCUT2D eigenvalue weighted by molar-refractivity contribution is 8.37. The summed E-state index contributed by atoms with van der Waals surface area (Å²) >= 11 is 7.48. The number of carbonyl (C=O) groups excluding carboxylic acids is 1. The Balaban J connectivity index is 2.24. The molecule has 0 saturated carbocycles. The lowest BCUT2D eigenvalue weighted by Gasteiger charge is -2.12. The zero-order valence-electron chi connectivity index (χ0n) is 12.1. The Morgan fingerprint density at radius 1 is 1.13 bits per heavy atom. The summed E-state index contributed by atoms with van der Waals surface area (Å²) in [7, 11) is 1.36. The molecule has 23 heavy (non-hydrogen) atoms. The number of hydrogen-bond acceptors (Lipinski definition) is 5. The van der Waals surface area contributed by atoms with Crippen molar-refractivity contribution < 1.29 is 18.9 Å². The van der Waals surface area contributed by atoms with Crippen LogP contribution in [0.5, 0.6) is 0 Å². The van der Waals surface area contributed by atoms with Gasteiger partial charge in [0.05, 0.1) is 19.2 Å². The molecule has 0 fully saturated rings. The average molecular weight is 369 g/mol. The minimum absolute atomic E-state index is 0.407. The van der Waals surface area contributed by atoms with Crippen LogP contribution < -0.4 is 0 Å². The summed E-state index contributed by atoms with van der Waals surface area (Å²) in [6, 6.07) is 14.4. The SMILES string of the molecule is COSC(=O)SC(C(=O)O)c1ccc(-c2ccccc2Cl)cc1. The van der Waals surface area contributed by atoms with Crippen molar-refractivity contribution in [3.8, 4) is 11.1 Å². The zero-order chi connectivity index (χ0) is 16.8. The van der Waals surface area contributed by atoms with Crippen LogP contribution in [0.1, 0.15) is 10.8 Å². The Morgan fingerprint density at radius 3 is 2.35 bits per heavy atom. The molecule has 0 aliphatic carbocycles. The highest BCUT2D eigenvalue weighted by atomic mass is 35.5. The third-order valence-electron chi connectivity index (χ3n) is 2.99. The van der Waals surface area contributed by atoms with E-state index in [1.165, 1.54) is 7.11 Å². The first-order chi connectivity index (χ1) is 11.0. The fourth-order valence-electron chi connectivity index (χ4n) is 1.98. The first-order valence-electron chi connectivity index (χ1n) is 6.52. The van der Waals surface area contributed by atoms with Crippen molar-refractivity contribution in [2.75, 3.05) is 7.11 Å². The largest absolute Gasteiger partial charge is 0.480 e. The van der Waals surface area contributed by atoms with Crippen LogP contribution in [-0.4, -0.2) is 22.6 Å². The molecule has 2 aromatic carbocycles. The molecule has 0 amide bonds. The second kappa shape index (κ2) is 8.40. The van der Waals surface area contributed by atoms with E-state index in [4.69, 9.17) is 11.6 Å². The van der Waals surface area contributed by atoms with Crippen LogP contribution in [0, 0.1) is 0 Å². The third-order valence-corrected chi connectivity index (χ3v) is 5.02. The summed E-state index contributed by atoms with van der Waals surface area (Å²) in [6.07, 6.45) is 0. The standard InChI is InChI=1S/C16H13ClO4S2/c1-21-23-16(20)22-14(15(18)19)11-8-6-10(7-9-11)12-4-2-3-5-13(12)17/h2-9,14H,1H3,(H,18,19). The van der Waals surface area contributed by atoms with E-state index in [0.29, 0.717) is 34.4 Å². The second-order valence-electron chi connectivity index (χ2n) is 4.44. The van der Waals surface area contributed by atoms with Gasteiger partial charge in [-0.1, -0.05) is 65.8 Å². The fraction of sp³-hybridized carbons (Fsp3) is 0.125. The third kappa shape index (κ3) is 4.75. The van der Waals surface area contributed by atoms with E-state index >= 15 is 0 Å². The van der Waals surface area contributed by atoms with Crippen molar-refractivity contribution in [3.63, 3.8) is 0 Å². The lowest BCUT2D eigenvalue weighted by Crippen LogP contribution is -2.09. The van der Waals surface area contributed by atoms with Crippen LogP contribution >= 0.6 is 35.4 Å². The molecule has 0 radical (unpaired) electrons. The predicted octanol–water partition coefficient (Wildman–Crippen LogP) is 5.28. The number of hydrogen-bond donors (Lipinski definition) is 1. The molecule has 0 bridgehead atoms. The predicted molar refractivity (Wildman–Crippen MR) is 94.9 cm³/mol. The number of aliphatic carboxylic acids is 1. The molecule has 4 nitrogen and oxygen atoms in total. The molecule has 0 saturated heterocycles. The van der Waals surface area contributed by atoms with Gasteiger partial charge in [0.25, 0.3) is 4.45 Å². The van der Waals surface area contributed by atoms with Crippen LogP contribution in [0.15, 0.2) is 48.5 Å². The summed E-state index contributed by atoms with van der Waals surface area (Å²) in [5, 5.41) is 8.97. The summed E-state index contributed by atoms with van der Waals surface area (Å²) in [5.74, 6) is -1.08. The first kappa shape index (κ1) is 17.9. The van der Waals surface area contributed by atoms with Gasteiger partial charge in [0.2, 0.25) is 0 Å². The topological polar surface area (TPSA) is 63.6 Å². The lowest BCUT2D eigenvalue weighted by atomic mass is 10.0. The van der Waals surface area contributed by atoms with E-state index in [1.54, 1.807) is 30.3 Å². The van der Waals surface area contributed by atoms with E-state index in [9.17, 15) is 14.7 Å². The van der Waals surface area contributed by atoms with Crippen molar-refractivity contribution in [3.05, 3.63) is 59.1 Å². The maximum absolute atomic E-state index is 11.6. The normalized spacial score (nSPS) is 11.9. The molecule has 0 spiro atoms. The van der Waals surface area contributed by atoms with Crippen molar-refractivity contribution >= 4 is 45.8 Å². The molecular formula is C16H13ClO4S2. The van der Waals surface area contributed by atoms with Gasteiger partial charge in [0.1, 0.15) is 5.25 Å². The quantitative estimate of drug-likeness (QED) is 0.724. The molecule has 120 valence electrons.